The predicted molar refractivity (Wildman–Crippen MR) is 88.5 cm³/mol. The van der Waals surface area contributed by atoms with Gasteiger partial charge in [0.05, 0.1) is 18.8 Å². The van der Waals surface area contributed by atoms with Gasteiger partial charge in [-0.2, -0.15) is 0 Å². The Hall–Kier alpha value is -1.81. The number of hydrogen-bond acceptors (Lipinski definition) is 3. The van der Waals surface area contributed by atoms with Gasteiger partial charge in [0.2, 0.25) is 5.91 Å². The van der Waals surface area contributed by atoms with Crippen LogP contribution in [0, 0.1) is 0 Å². The summed E-state index contributed by atoms with van der Waals surface area (Å²) >= 11 is 0. The van der Waals surface area contributed by atoms with Gasteiger partial charge in [0.1, 0.15) is 5.76 Å². The Morgan fingerprint density at radius 3 is 2.73 bits per heavy atom. The molecule has 1 aromatic heterocycles. The molecule has 1 aromatic rings. The second kappa shape index (κ2) is 8.59. The van der Waals surface area contributed by atoms with Gasteiger partial charge in [0, 0.05) is 13.1 Å². The standard InChI is InChI=1S/C18H26N2O2/c1-3-11-19(12-4-2)18(21)15-20-13-7-5-6-9-16(20)17-10-8-14-22-17/h3-4,8,10,14,16H,1-2,5-7,9,11-13,15H2. The molecule has 1 atom stereocenters. The minimum atomic E-state index is 0.123. The lowest BCUT2D eigenvalue weighted by Crippen LogP contribution is -2.42. The zero-order valence-corrected chi connectivity index (χ0v) is 13.2. The normalized spacial score (nSPS) is 19.4. The van der Waals surface area contributed by atoms with Gasteiger partial charge < -0.3 is 9.32 Å². The van der Waals surface area contributed by atoms with Crippen LogP contribution in [0.2, 0.25) is 0 Å². The fourth-order valence-corrected chi connectivity index (χ4v) is 3.02. The lowest BCUT2D eigenvalue weighted by Gasteiger charge is -2.30. The Morgan fingerprint density at radius 1 is 1.32 bits per heavy atom. The Kier molecular flexibility index (Phi) is 6.46. The topological polar surface area (TPSA) is 36.7 Å². The second-order valence-electron chi connectivity index (χ2n) is 5.73. The molecule has 1 fully saturated rings. The number of carbonyl (C=O) groups excluding carboxylic acids is 1. The van der Waals surface area contributed by atoms with Crippen molar-refractivity contribution in [3.8, 4) is 0 Å². The van der Waals surface area contributed by atoms with Crippen molar-refractivity contribution in [1.29, 1.82) is 0 Å². The molecule has 1 unspecified atom stereocenters. The molecule has 0 bridgehead atoms. The highest BCUT2D eigenvalue weighted by Crippen LogP contribution is 2.30. The van der Waals surface area contributed by atoms with Gasteiger partial charge in [0.15, 0.2) is 0 Å². The SMILES string of the molecule is C=CCN(CC=C)C(=O)CN1CCCCCC1c1ccco1. The van der Waals surface area contributed by atoms with Crippen molar-refractivity contribution in [2.45, 2.75) is 31.7 Å². The second-order valence-corrected chi connectivity index (χ2v) is 5.73. The van der Waals surface area contributed by atoms with E-state index in [4.69, 9.17) is 4.42 Å². The third-order valence-electron chi connectivity index (χ3n) is 4.13. The molecule has 1 saturated heterocycles. The van der Waals surface area contributed by atoms with Crippen molar-refractivity contribution in [3.05, 3.63) is 49.5 Å². The third kappa shape index (κ3) is 4.34. The van der Waals surface area contributed by atoms with Crippen LogP contribution in [0.1, 0.15) is 37.5 Å². The fraction of sp³-hybridized carbons (Fsp3) is 0.500. The highest BCUT2D eigenvalue weighted by atomic mass is 16.3. The Labute approximate surface area is 133 Å². The van der Waals surface area contributed by atoms with Crippen LogP contribution in [0.15, 0.2) is 48.1 Å². The van der Waals surface area contributed by atoms with Crippen LogP contribution in [0.4, 0.5) is 0 Å². The average Bonchev–Trinajstić information content (AvgIpc) is 2.94. The third-order valence-corrected chi connectivity index (χ3v) is 4.13. The first kappa shape index (κ1) is 16.6. The summed E-state index contributed by atoms with van der Waals surface area (Å²) < 4.78 is 5.60. The molecule has 0 radical (unpaired) electrons. The molecule has 0 aliphatic carbocycles. The molecular weight excluding hydrogens is 276 g/mol. The van der Waals surface area contributed by atoms with Crippen LogP contribution in [-0.4, -0.2) is 41.9 Å². The Morgan fingerprint density at radius 2 is 2.09 bits per heavy atom. The molecule has 2 rings (SSSR count). The van der Waals surface area contributed by atoms with Gasteiger partial charge in [-0.05, 0) is 31.5 Å². The zero-order chi connectivity index (χ0) is 15.8. The summed E-state index contributed by atoms with van der Waals surface area (Å²) in [4.78, 5) is 16.6. The number of rotatable bonds is 7. The van der Waals surface area contributed by atoms with Crippen LogP contribution < -0.4 is 0 Å². The van der Waals surface area contributed by atoms with Gasteiger partial charge in [-0.15, -0.1) is 13.2 Å². The highest BCUT2D eigenvalue weighted by Gasteiger charge is 2.27. The van der Waals surface area contributed by atoms with Crippen LogP contribution in [-0.2, 0) is 4.79 Å². The van der Waals surface area contributed by atoms with E-state index in [-0.39, 0.29) is 11.9 Å². The van der Waals surface area contributed by atoms with E-state index in [0.29, 0.717) is 19.6 Å². The summed E-state index contributed by atoms with van der Waals surface area (Å²) in [5, 5.41) is 0. The summed E-state index contributed by atoms with van der Waals surface area (Å²) in [6.07, 6.45) is 9.80. The first-order chi connectivity index (χ1) is 10.8. The summed E-state index contributed by atoms with van der Waals surface area (Å²) in [5.41, 5.74) is 0. The van der Waals surface area contributed by atoms with Crippen molar-refractivity contribution < 1.29 is 9.21 Å². The van der Waals surface area contributed by atoms with E-state index in [0.717, 1.165) is 25.1 Å². The quantitative estimate of drug-likeness (QED) is 0.724. The number of amides is 1. The monoisotopic (exact) mass is 302 g/mol. The molecule has 1 amide bonds. The predicted octanol–water partition coefficient (Wildman–Crippen LogP) is 3.40. The van der Waals surface area contributed by atoms with Crippen LogP contribution >= 0.6 is 0 Å². The number of nitrogens with zero attached hydrogens (tertiary/aromatic N) is 2. The molecule has 2 heterocycles. The molecule has 0 aromatic carbocycles. The summed E-state index contributed by atoms with van der Waals surface area (Å²) in [7, 11) is 0. The minimum absolute atomic E-state index is 0.123. The van der Waals surface area contributed by atoms with Gasteiger partial charge in [0.25, 0.3) is 0 Å². The van der Waals surface area contributed by atoms with E-state index in [1.807, 2.05) is 12.1 Å². The Balaban J connectivity index is 2.07. The molecule has 4 heteroatoms. The number of likely N-dealkylation sites (tertiary alicyclic amines) is 1. The smallest absolute Gasteiger partial charge is 0.237 e. The summed E-state index contributed by atoms with van der Waals surface area (Å²) in [6, 6.07) is 4.14. The van der Waals surface area contributed by atoms with E-state index in [2.05, 4.69) is 18.1 Å². The van der Waals surface area contributed by atoms with Crippen LogP contribution in [0.25, 0.3) is 0 Å². The Bertz CT molecular complexity index is 471. The highest BCUT2D eigenvalue weighted by molar-refractivity contribution is 5.78. The molecular formula is C18H26N2O2. The maximum atomic E-state index is 12.6. The number of hydrogen-bond donors (Lipinski definition) is 0. The van der Waals surface area contributed by atoms with E-state index in [9.17, 15) is 4.79 Å². The van der Waals surface area contributed by atoms with Gasteiger partial charge in [-0.1, -0.05) is 25.0 Å². The van der Waals surface area contributed by atoms with Crippen LogP contribution in [0.3, 0.4) is 0 Å². The largest absolute Gasteiger partial charge is 0.468 e. The maximum Gasteiger partial charge on any atom is 0.237 e. The first-order valence-corrected chi connectivity index (χ1v) is 8.03. The average molecular weight is 302 g/mol. The number of furan rings is 1. The lowest BCUT2D eigenvalue weighted by molar-refractivity contribution is -0.132. The van der Waals surface area contributed by atoms with E-state index in [1.54, 1.807) is 23.3 Å². The summed E-state index contributed by atoms with van der Waals surface area (Å²) in [5.74, 6) is 1.09. The molecule has 1 aliphatic rings. The van der Waals surface area contributed by atoms with Crippen molar-refractivity contribution in [1.82, 2.24) is 9.80 Å². The molecule has 0 N–H and O–H groups in total. The van der Waals surface area contributed by atoms with Crippen molar-refractivity contribution in [3.63, 3.8) is 0 Å². The summed E-state index contributed by atoms with van der Waals surface area (Å²) in [6.45, 7) is 9.93. The van der Waals surface area contributed by atoms with Crippen molar-refractivity contribution >= 4 is 5.91 Å². The van der Waals surface area contributed by atoms with E-state index >= 15 is 0 Å². The first-order valence-electron chi connectivity index (χ1n) is 8.03. The van der Waals surface area contributed by atoms with Crippen LogP contribution in [0.5, 0.6) is 0 Å². The van der Waals surface area contributed by atoms with E-state index in [1.165, 1.54) is 12.8 Å². The van der Waals surface area contributed by atoms with E-state index < -0.39 is 0 Å². The van der Waals surface area contributed by atoms with Gasteiger partial charge in [-0.25, -0.2) is 0 Å². The molecule has 4 nitrogen and oxygen atoms in total. The molecule has 22 heavy (non-hydrogen) atoms. The van der Waals surface area contributed by atoms with Gasteiger partial charge >= 0.3 is 0 Å². The van der Waals surface area contributed by atoms with Gasteiger partial charge in [-0.3, -0.25) is 9.69 Å². The molecule has 120 valence electrons. The maximum absolute atomic E-state index is 12.6. The van der Waals surface area contributed by atoms with Crippen molar-refractivity contribution in [2.24, 2.45) is 0 Å². The fourth-order valence-electron chi connectivity index (χ4n) is 3.02. The molecule has 0 saturated carbocycles. The van der Waals surface area contributed by atoms with Crippen molar-refractivity contribution in [2.75, 3.05) is 26.2 Å². The molecule has 1 aliphatic heterocycles. The lowest BCUT2D eigenvalue weighted by atomic mass is 10.1. The zero-order valence-electron chi connectivity index (χ0n) is 13.2. The minimum Gasteiger partial charge on any atom is -0.468 e. The number of carbonyl (C=O) groups is 1. The molecule has 0 spiro atoms.